The first kappa shape index (κ1) is 14.8. The van der Waals surface area contributed by atoms with Gasteiger partial charge in [0.25, 0.3) is 0 Å². The fourth-order valence-electron chi connectivity index (χ4n) is 0.931. The Hall–Kier alpha value is -0.200. The summed E-state index contributed by atoms with van der Waals surface area (Å²) in [4.78, 5) is 0. The molecule has 0 amide bonds. The van der Waals surface area contributed by atoms with Crippen molar-refractivity contribution in [2.75, 3.05) is 46.3 Å². The molecule has 5 nitrogen and oxygen atoms in total. The first-order valence-electron chi connectivity index (χ1n) is 5.55. The third-order valence-corrected chi connectivity index (χ3v) is 1.77. The number of ether oxygens (including phenoxy) is 3. The molecule has 0 unspecified atom stereocenters. The van der Waals surface area contributed by atoms with E-state index >= 15 is 0 Å². The topological polar surface area (TPSA) is 79.7 Å². The molecule has 0 spiro atoms. The van der Waals surface area contributed by atoms with Crippen molar-refractivity contribution in [3.05, 3.63) is 0 Å². The van der Waals surface area contributed by atoms with E-state index in [1.54, 1.807) is 0 Å². The maximum absolute atomic E-state index is 5.34. The van der Waals surface area contributed by atoms with Crippen LogP contribution in [0, 0.1) is 0 Å². The lowest BCUT2D eigenvalue weighted by molar-refractivity contribution is -0.0699. The van der Waals surface area contributed by atoms with Gasteiger partial charge in [0.15, 0.2) is 0 Å². The van der Waals surface area contributed by atoms with Crippen molar-refractivity contribution in [2.45, 2.75) is 19.3 Å². The van der Waals surface area contributed by atoms with Crippen LogP contribution in [-0.4, -0.2) is 46.3 Å². The molecule has 15 heavy (non-hydrogen) atoms. The molecule has 0 aromatic carbocycles. The van der Waals surface area contributed by atoms with Crippen LogP contribution >= 0.6 is 0 Å². The Bertz CT molecular complexity index is 103. The fraction of sp³-hybridized carbons (Fsp3) is 1.00. The zero-order chi connectivity index (χ0) is 11.2. The van der Waals surface area contributed by atoms with Crippen LogP contribution in [-0.2, 0) is 14.2 Å². The van der Waals surface area contributed by atoms with Gasteiger partial charge in [0.05, 0.1) is 13.2 Å². The van der Waals surface area contributed by atoms with Crippen molar-refractivity contribution >= 4 is 0 Å². The van der Waals surface area contributed by atoms with E-state index < -0.39 is 0 Å². The molecule has 0 aromatic rings. The Kier molecular flexibility index (Phi) is 13.6. The minimum absolute atomic E-state index is 0.338. The molecular formula is C10H24N2O3. The molecule has 0 bridgehead atoms. The highest BCUT2D eigenvalue weighted by Gasteiger charge is 1.90. The van der Waals surface area contributed by atoms with Gasteiger partial charge in [-0.2, -0.15) is 0 Å². The van der Waals surface area contributed by atoms with E-state index in [-0.39, 0.29) is 0 Å². The van der Waals surface area contributed by atoms with Crippen molar-refractivity contribution in [2.24, 2.45) is 11.5 Å². The first-order chi connectivity index (χ1) is 7.41. The average Bonchev–Trinajstić information content (AvgIpc) is 2.26. The number of hydrogen-bond acceptors (Lipinski definition) is 5. The largest absolute Gasteiger partial charge is 0.379 e. The lowest BCUT2D eigenvalue weighted by Crippen LogP contribution is -2.10. The van der Waals surface area contributed by atoms with Crippen LogP contribution < -0.4 is 11.5 Å². The van der Waals surface area contributed by atoms with Crippen molar-refractivity contribution < 1.29 is 14.2 Å². The number of hydrogen-bond donors (Lipinski definition) is 2. The van der Waals surface area contributed by atoms with Gasteiger partial charge in [-0.1, -0.05) is 0 Å². The predicted molar refractivity (Wildman–Crippen MR) is 59.5 cm³/mol. The maximum atomic E-state index is 5.34. The predicted octanol–water partition coefficient (Wildman–Crippen LogP) is 0.0814. The van der Waals surface area contributed by atoms with Gasteiger partial charge in [0.2, 0.25) is 0 Å². The summed E-state index contributed by atoms with van der Waals surface area (Å²) in [5, 5.41) is 0. The molecule has 0 atom stereocenters. The Balaban J connectivity index is 2.81. The van der Waals surface area contributed by atoms with E-state index in [1.165, 1.54) is 0 Å². The second-order valence-electron chi connectivity index (χ2n) is 3.18. The number of nitrogens with two attached hydrogens (primary N) is 2. The smallest absolute Gasteiger partial charge is 0.146 e. The molecule has 0 saturated heterocycles. The van der Waals surface area contributed by atoms with Gasteiger partial charge in [-0.05, 0) is 32.4 Å². The Morgan fingerprint density at radius 2 is 1.20 bits per heavy atom. The SMILES string of the molecule is NCCCCOCOCCOCCCN. The highest BCUT2D eigenvalue weighted by atomic mass is 16.7. The molecule has 0 rings (SSSR count). The van der Waals surface area contributed by atoms with E-state index in [0.29, 0.717) is 39.8 Å². The van der Waals surface area contributed by atoms with E-state index in [0.717, 1.165) is 25.8 Å². The van der Waals surface area contributed by atoms with Gasteiger partial charge in [-0.15, -0.1) is 0 Å². The molecule has 0 aromatic heterocycles. The molecule has 0 radical (unpaired) electrons. The van der Waals surface area contributed by atoms with Crippen LogP contribution in [0.5, 0.6) is 0 Å². The molecule has 0 heterocycles. The van der Waals surface area contributed by atoms with Gasteiger partial charge >= 0.3 is 0 Å². The summed E-state index contributed by atoms with van der Waals surface area (Å²) in [5.74, 6) is 0. The minimum atomic E-state index is 0.338. The fourth-order valence-corrected chi connectivity index (χ4v) is 0.931. The average molecular weight is 220 g/mol. The Morgan fingerprint density at radius 3 is 1.93 bits per heavy atom. The highest BCUT2D eigenvalue weighted by molar-refractivity contribution is 4.38. The second kappa shape index (κ2) is 13.8. The van der Waals surface area contributed by atoms with E-state index in [2.05, 4.69) is 0 Å². The van der Waals surface area contributed by atoms with Crippen molar-refractivity contribution in [1.29, 1.82) is 0 Å². The molecule has 0 aliphatic carbocycles. The van der Waals surface area contributed by atoms with Crippen molar-refractivity contribution in [3.63, 3.8) is 0 Å². The first-order valence-corrected chi connectivity index (χ1v) is 5.55. The lowest BCUT2D eigenvalue weighted by Gasteiger charge is -2.06. The summed E-state index contributed by atoms with van der Waals surface area (Å²) >= 11 is 0. The van der Waals surface area contributed by atoms with Gasteiger partial charge in [-0.3, -0.25) is 0 Å². The van der Waals surface area contributed by atoms with Crippen LogP contribution in [0.15, 0.2) is 0 Å². The van der Waals surface area contributed by atoms with E-state index in [1.807, 2.05) is 0 Å². The molecule has 4 N–H and O–H groups in total. The molecular weight excluding hydrogens is 196 g/mol. The third-order valence-electron chi connectivity index (χ3n) is 1.77. The summed E-state index contributed by atoms with van der Waals surface area (Å²) in [6.07, 6.45) is 2.89. The second-order valence-corrected chi connectivity index (χ2v) is 3.18. The molecule has 0 aliphatic heterocycles. The van der Waals surface area contributed by atoms with Crippen molar-refractivity contribution in [3.8, 4) is 0 Å². The summed E-state index contributed by atoms with van der Waals surface area (Å²) in [6.45, 7) is 4.32. The van der Waals surface area contributed by atoms with Crippen LogP contribution in [0.3, 0.4) is 0 Å². The summed E-state index contributed by atoms with van der Waals surface area (Å²) in [7, 11) is 0. The Labute approximate surface area is 92.0 Å². The summed E-state index contributed by atoms with van der Waals surface area (Å²) in [6, 6.07) is 0. The summed E-state index contributed by atoms with van der Waals surface area (Å²) in [5.41, 5.74) is 10.6. The van der Waals surface area contributed by atoms with Gasteiger partial charge in [-0.25, -0.2) is 0 Å². The molecule has 5 heteroatoms. The lowest BCUT2D eigenvalue weighted by atomic mass is 10.3. The molecule has 0 aliphatic rings. The normalized spacial score (nSPS) is 10.8. The summed E-state index contributed by atoms with van der Waals surface area (Å²) < 4.78 is 15.6. The van der Waals surface area contributed by atoms with Crippen LogP contribution in [0.4, 0.5) is 0 Å². The van der Waals surface area contributed by atoms with Gasteiger partial charge < -0.3 is 25.7 Å². The standard InChI is InChI=1S/C10H24N2O3/c11-4-1-2-6-14-10-15-9-8-13-7-3-5-12/h1-12H2. The van der Waals surface area contributed by atoms with Crippen LogP contribution in [0.25, 0.3) is 0 Å². The molecule has 0 fully saturated rings. The quantitative estimate of drug-likeness (QED) is 0.360. The van der Waals surface area contributed by atoms with Gasteiger partial charge in [0.1, 0.15) is 6.79 Å². The van der Waals surface area contributed by atoms with Crippen molar-refractivity contribution in [1.82, 2.24) is 0 Å². The third kappa shape index (κ3) is 13.8. The monoisotopic (exact) mass is 220 g/mol. The van der Waals surface area contributed by atoms with Crippen LogP contribution in [0.2, 0.25) is 0 Å². The number of unbranched alkanes of at least 4 members (excludes halogenated alkanes) is 1. The maximum Gasteiger partial charge on any atom is 0.146 e. The highest BCUT2D eigenvalue weighted by Crippen LogP contribution is 1.88. The molecule has 0 saturated carbocycles. The zero-order valence-electron chi connectivity index (χ0n) is 9.45. The van der Waals surface area contributed by atoms with Crippen LogP contribution in [0.1, 0.15) is 19.3 Å². The number of rotatable bonds is 12. The van der Waals surface area contributed by atoms with E-state index in [4.69, 9.17) is 25.7 Å². The minimum Gasteiger partial charge on any atom is -0.379 e. The van der Waals surface area contributed by atoms with E-state index in [9.17, 15) is 0 Å². The van der Waals surface area contributed by atoms with Gasteiger partial charge in [0, 0.05) is 13.2 Å². The Morgan fingerprint density at radius 1 is 0.600 bits per heavy atom. The molecule has 92 valence electrons. The zero-order valence-corrected chi connectivity index (χ0v) is 9.45.